The van der Waals surface area contributed by atoms with E-state index in [0.29, 0.717) is 12.8 Å². The molecule has 0 spiro atoms. The maximum absolute atomic E-state index is 12.0. The highest BCUT2D eigenvalue weighted by Crippen LogP contribution is 2.24. The highest BCUT2D eigenvalue weighted by Gasteiger charge is 2.30. The van der Waals surface area contributed by atoms with Crippen molar-refractivity contribution < 1.29 is 15.0 Å². The van der Waals surface area contributed by atoms with Crippen LogP contribution in [-0.2, 0) is 12.8 Å². The number of amides is 1. The molecule has 0 aliphatic heterocycles. The van der Waals surface area contributed by atoms with Crippen molar-refractivity contribution in [3.8, 4) is 0 Å². The van der Waals surface area contributed by atoms with E-state index < -0.39 is 5.54 Å². The van der Waals surface area contributed by atoms with Crippen LogP contribution in [0, 0.1) is 0 Å². The molecule has 0 aliphatic carbocycles. The number of aryl methyl sites for hydroxylation is 2. The number of unbranched alkanes of at least 4 members (excludes halogenated alkanes) is 5. The number of benzene rings is 1. The van der Waals surface area contributed by atoms with Crippen LogP contribution in [0.1, 0.15) is 76.8 Å². The average Bonchev–Trinajstić information content (AvgIpc) is 2.83. The lowest BCUT2D eigenvalue weighted by Gasteiger charge is -2.30. The number of nitrogens with one attached hydrogen (secondary N) is 2. The minimum atomic E-state index is -0.977. The summed E-state index contributed by atoms with van der Waals surface area (Å²) in [4.78, 5) is 12.0. The first-order valence-electron chi connectivity index (χ1n) is 11.8. The van der Waals surface area contributed by atoms with Crippen LogP contribution in [0.3, 0.4) is 0 Å². The van der Waals surface area contributed by atoms with Crippen LogP contribution in [0.4, 0.5) is 4.79 Å². The van der Waals surface area contributed by atoms with Gasteiger partial charge >= 0.3 is 0 Å². The Morgan fingerprint density at radius 3 is 1.97 bits per heavy atom. The molecule has 0 heterocycles. The Hall–Kier alpha value is -0.380. The van der Waals surface area contributed by atoms with Gasteiger partial charge in [0, 0.05) is 23.1 Å². The van der Waals surface area contributed by atoms with Gasteiger partial charge in [0.2, 0.25) is 0 Å². The number of carbonyl (C=O) groups excluding carboxylic acids is 1. The smallest absolute Gasteiger partial charge is 0.290 e. The number of hydrogen-bond acceptors (Lipinski definition) is 7. The maximum atomic E-state index is 12.0. The first-order chi connectivity index (χ1) is 15.5. The molecule has 4 N–H and O–H groups in total. The molecule has 0 aromatic heterocycles. The number of aliphatic hydroxyl groups is 2. The van der Waals surface area contributed by atoms with E-state index in [1.807, 2.05) is 13.8 Å². The monoisotopic (exact) mass is 504 g/mol. The van der Waals surface area contributed by atoms with Crippen LogP contribution < -0.4 is 10.0 Å². The Balaban J connectivity index is 0.00000220. The quantitative estimate of drug-likeness (QED) is 0.111. The van der Waals surface area contributed by atoms with Crippen molar-refractivity contribution in [1.29, 1.82) is 0 Å². The van der Waals surface area contributed by atoms with E-state index in [2.05, 4.69) is 54.0 Å². The van der Waals surface area contributed by atoms with E-state index >= 15 is 0 Å². The molecule has 0 saturated carbocycles. The number of thiol groups is 1. The maximum Gasteiger partial charge on any atom is 0.290 e. The number of aliphatic hydroxyl groups excluding tert-OH is 2. The normalized spacial score (nSPS) is 11.1. The van der Waals surface area contributed by atoms with Crippen LogP contribution >= 0.6 is 34.4 Å². The lowest BCUT2D eigenvalue weighted by Crippen LogP contribution is -2.53. The molecule has 1 aromatic rings. The number of carbonyl (C=O) groups is 1. The summed E-state index contributed by atoms with van der Waals surface area (Å²) in [6.07, 6.45) is 10.2. The minimum Gasteiger partial charge on any atom is -0.394 e. The summed E-state index contributed by atoms with van der Waals surface area (Å²) in [5, 5.41) is 22.1. The fourth-order valence-electron chi connectivity index (χ4n) is 3.07. The Morgan fingerprint density at radius 2 is 1.47 bits per heavy atom. The summed E-state index contributed by atoms with van der Waals surface area (Å²) in [5.74, 6) is 0.828. The average molecular weight is 505 g/mol. The Labute approximate surface area is 209 Å². The molecule has 8 heteroatoms. The molecule has 0 saturated heterocycles. The molecule has 0 bridgehead atoms. The predicted octanol–water partition coefficient (Wildman–Crippen LogP) is 5.80. The Bertz CT molecular complexity index is 568. The predicted molar refractivity (Wildman–Crippen MR) is 146 cm³/mol. The highest BCUT2D eigenvalue weighted by atomic mass is 33.1. The molecular formula is C24H44N2O3S3. The lowest BCUT2D eigenvalue weighted by molar-refractivity contribution is 0.0939. The zero-order valence-electron chi connectivity index (χ0n) is 20.1. The minimum absolute atomic E-state index is 0.218. The van der Waals surface area contributed by atoms with Crippen molar-refractivity contribution >= 4 is 39.6 Å². The summed E-state index contributed by atoms with van der Waals surface area (Å²) in [7, 11) is 2.56. The lowest BCUT2D eigenvalue weighted by atomic mass is 9.92. The Morgan fingerprint density at radius 1 is 0.938 bits per heavy atom. The van der Waals surface area contributed by atoms with Gasteiger partial charge in [-0.15, -0.1) is 0 Å². The zero-order chi connectivity index (χ0) is 24.1. The first kappa shape index (κ1) is 31.6. The van der Waals surface area contributed by atoms with Gasteiger partial charge in [-0.3, -0.25) is 9.52 Å². The van der Waals surface area contributed by atoms with E-state index in [-0.39, 0.29) is 18.5 Å². The number of hydrogen-bond donors (Lipinski definition) is 5. The van der Waals surface area contributed by atoms with Gasteiger partial charge < -0.3 is 15.5 Å². The standard InChI is InChI=1S/C22H37NO3S2.C2H7NS/c1-3-5-6-7-8-9-10-19-11-13-20(14-12-19)15-16-22(17-24,18-25)23-21(26)28-27-4-2;1-2-3-4/h11-14,24-25H,3-10,15-18H2,1-2H3,(H,23,26);3-4H,2H2,1H3. The molecule has 32 heavy (non-hydrogen) atoms. The van der Waals surface area contributed by atoms with E-state index in [9.17, 15) is 15.0 Å². The molecule has 0 aliphatic rings. The van der Waals surface area contributed by atoms with Gasteiger partial charge in [-0.2, -0.15) is 0 Å². The molecule has 1 amide bonds. The summed E-state index contributed by atoms with van der Waals surface area (Å²) >= 11 is 3.67. The zero-order valence-corrected chi connectivity index (χ0v) is 22.6. The third-order valence-corrected chi connectivity index (χ3v) is 7.56. The van der Waals surface area contributed by atoms with Crippen LogP contribution in [-0.4, -0.2) is 46.5 Å². The van der Waals surface area contributed by atoms with Gasteiger partial charge in [0.25, 0.3) is 5.24 Å². The largest absolute Gasteiger partial charge is 0.394 e. The van der Waals surface area contributed by atoms with Crippen molar-refractivity contribution in [2.45, 2.75) is 84.1 Å². The molecule has 0 radical (unpaired) electrons. The molecule has 1 aromatic carbocycles. The second kappa shape index (κ2) is 21.2. The summed E-state index contributed by atoms with van der Waals surface area (Å²) in [6, 6.07) is 8.59. The van der Waals surface area contributed by atoms with Crippen LogP contribution in [0.25, 0.3) is 0 Å². The van der Waals surface area contributed by atoms with Crippen molar-refractivity contribution in [3.63, 3.8) is 0 Å². The molecule has 0 fully saturated rings. The van der Waals surface area contributed by atoms with E-state index in [1.165, 1.54) is 54.9 Å². The Kier molecular flexibility index (Phi) is 20.9. The van der Waals surface area contributed by atoms with E-state index in [1.54, 1.807) is 0 Å². The molecule has 0 unspecified atom stereocenters. The van der Waals surface area contributed by atoms with E-state index in [0.717, 1.165) is 35.1 Å². The van der Waals surface area contributed by atoms with E-state index in [4.69, 9.17) is 0 Å². The molecule has 5 nitrogen and oxygen atoms in total. The highest BCUT2D eigenvalue weighted by molar-refractivity contribution is 8.82. The fraction of sp³-hybridized carbons (Fsp3) is 0.708. The summed E-state index contributed by atoms with van der Waals surface area (Å²) in [6.45, 7) is 6.60. The van der Waals surface area contributed by atoms with Crippen molar-refractivity contribution in [2.24, 2.45) is 0 Å². The summed E-state index contributed by atoms with van der Waals surface area (Å²) in [5.41, 5.74) is 1.54. The SMILES string of the molecule is CCCCCCCCc1ccc(CCC(CO)(CO)NC(=O)SSCC)cc1.CCNS. The van der Waals surface area contributed by atoms with Crippen LogP contribution in [0.15, 0.2) is 24.3 Å². The van der Waals surface area contributed by atoms with Gasteiger partial charge in [0.05, 0.1) is 18.8 Å². The molecule has 186 valence electrons. The van der Waals surface area contributed by atoms with Crippen molar-refractivity contribution in [2.75, 3.05) is 25.5 Å². The molecule has 0 atom stereocenters. The van der Waals surface area contributed by atoms with Gasteiger partial charge in [0.1, 0.15) is 0 Å². The van der Waals surface area contributed by atoms with Crippen molar-refractivity contribution in [3.05, 3.63) is 35.4 Å². The second-order valence-corrected chi connectivity index (χ2v) is 10.7. The summed E-state index contributed by atoms with van der Waals surface area (Å²) < 4.78 is 2.62. The topological polar surface area (TPSA) is 81.6 Å². The van der Waals surface area contributed by atoms with Gasteiger partial charge in [-0.05, 0) is 36.8 Å². The van der Waals surface area contributed by atoms with Gasteiger partial charge in [-0.25, -0.2) is 0 Å². The van der Waals surface area contributed by atoms with Gasteiger partial charge in [-0.1, -0.05) is 101 Å². The third-order valence-electron chi connectivity index (χ3n) is 5.12. The third kappa shape index (κ3) is 15.5. The number of rotatable bonds is 16. The van der Waals surface area contributed by atoms with Crippen molar-refractivity contribution in [1.82, 2.24) is 10.0 Å². The van der Waals surface area contributed by atoms with Crippen LogP contribution in [0.5, 0.6) is 0 Å². The fourth-order valence-corrected chi connectivity index (χ4v) is 4.35. The van der Waals surface area contributed by atoms with Gasteiger partial charge in [0.15, 0.2) is 0 Å². The molecule has 1 rings (SSSR count). The van der Waals surface area contributed by atoms with Crippen LogP contribution in [0.2, 0.25) is 0 Å². The first-order valence-corrected chi connectivity index (χ1v) is 14.5. The molecular weight excluding hydrogens is 460 g/mol. The second-order valence-electron chi connectivity index (χ2n) is 7.84.